The summed E-state index contributed by atoms with van der Waals surface area (Å²) in [6, 6.07) is 0. The van der Waals surface area contributed by atoms with Gasteiger partial charge in [-0.15, -0.1) is 0 Å². The summed E-state index contributed by atoms with van der Waals surface area (Å²) in [6.45, 7) is 3.87. The largest absolute Gasteiger partial charge is 0.479 e. The van der Waals surface area contributed by atoms with E-state index in [2.05, 4.69) is 38.2 Å². The second-order valence-electron chi connectivity index (χ2n) is 21.2. The quantitative estimate of drug-likeness (QED) is 0.0260. The van der Waals surface area contributed by atoms with E-state index in [1.54, 1.807) is 0 Å². The summed E-state index contributed by atoms with van der Waals surface area (Å²) in [7, 11) is 0. The third-order valence-corrected chi connectivity index (χ3v) is 14.3. The number of carboxylic acid groups (broad SMARTS) is 1. The fourth-order valence-corrected chi connectivity index (χ4v) is 9.52. The van der Waals surface area contributed by atoms with Crippen LogP contribution in [0.1, 0.15) is 296 Å². The summed E-state index contributed by atoms with van der Waals surface area (Å²) in [5.74, 6) is -2.42. The van der Waals surface area contributed by atoms with Gasteiger partial charge in [0.05, 0.1) is 6.61 Å². The Balaban J connectivity index is 2.21. The Kier molecular flexibility index (Phi) is 47.8. The lowest BCUT2D eigenvalue weighted by Gasteiger charge is -2.38. The van der Waals surface area contributed by atoms with Crippen LogP contribution in [0.3, 0.4) is 0 Å². The number of aliphatic carboxylic acids is 1. The molecule has 1 aliphatic rings. The molecule has 1 heterocycles. The molecule has 0 bridgehead atoms. The van der Waals surface area contributed by atoms with E-state index in [4.69, 9.17) is 18.9 Å². The number of rotatable bonds is 53. The van der Waals surface area contributed by atoms with Gasteiger partial charge in [-0.3, -0.25) is 9.59 Å². The molecule has 6 atom stereocenters. The second kappa shape index (κ2) is 50.8. The highest BCUT2D eigenvalue weighted by molar-refractivity contribution is 5.73. The maximum absolute atomic E-state index is 12.9. The van der Waals surface area contributed by atoms with Crippen molar-refractivity contribution in [3.8, 4) is 0 Å². The fourth-order valence-electron chi connectivity index (χ4n) is 9.52. The molecular weight excluding hydrogens is 909 g/mol. The molecule has 0 aromatic rings. The van der Waals surface area contributed by atoms with Gasteiger partial charge in [0.25, 0.3) is 0 Å². The number of allylic oxidation sites excluding steroid dienone is 4. The monoisotopic (exact) mass is 1020 g/mol. The van der Waals surface area contributed by atoms with Crippen LogP contribution in [0.4, 0.5) is 0 Å². The highest BCUT2D eigenvalue weighted by atomic mass is 16.7. The van der Waals surface area contributed by atoms with E-state index in [0.29, 0.717) is 12.8 Å². The molecule has 0 spiro atoms. The van der Waals surface area contributed by atoms with Crippen LogP contribution in [-0.4, -0.2) is 88.4 Å². The Hall–Kier alpha value is -2.31. The fraction of sp³-hybridized carbons (Fsp3) is 0.885. The topological polar surface area (TPSA) is 169 Å². The van der Waals surface area contributed by atoms with Crippen LogP contribution in [0.25, 0.3) is 0 Å². The first-order valence-corrected chi connectivity index (χ1v) is 30.4. The molecule has 4 N–H and O–H groups in total. The first-order chi connectivity index (χ1) is 35.2. The highest BCUT2D eigenvalue weighted by Gasteiger charge is 2.47. The molecule has 0 saturated carbocycles. The van der Waals surface area contributed by atoms with E-state index in [9.17, 15) is 34.8 Å². The van der Waals surface area contributed by atoms with E-state index in [0.717, 1.165) is 38.5 Å². The van der Waals surface area contributed by atoms with E-state index >= 15 is 0 Å². The molecule has 11 heteroatoms. The van der Waals surface area contributed by atoms with E-state index < -0.39 is 54.7 Å². The number of hydrogen-bond donors (Lipinski definition) is 4. The summed E-state index contributed by atoms with van der Waals surface area (Å²) in [4.78, 5) is 37.2. The van der Waals surface area contributed by atoms with Crippen LogP contribution < -0.4 is 0 Å². The van der Waals surface area contributed by atoms with Gasteiger partial charge < -0.3 is 39.4 Å². The normalized spacial score (nSPS) is 18.6. The maximum Gasteiger partial charge on any atom is 0.335 e. The lowest BCUT2D eigenvalue weighted by molar-refractivity contribution is -0.298. The first kappa shape index (κ1) is 67.7. The van der Waals surface area contributed by atoms with Gasteiger partial charge in [-0.1, -0.05) is 244 Å². The van der Waals surface area contributed by atoms with Gasteiger partial charge in [-0.25, -0.2) is 4.79 Å². The van der Waals surface area contributed by atoms with Crippen molar-refractivity contribution in [1.82, 2.24) is 0 Å². The number of unbranched alkanes of at least 4 members (excludes halogenated alkanes) is 38. The summed E-state index contributed by atoms with van der Waals surface area (Å²) in [6.07, 6.45) is 52.4. The lowest BCUT2D eigenvalue weighted by Crippen LogP contribution is -2.60. The number of esters is 2. The molecule has 0 amide bonds. The molecule has 0 aromatic carbocycles. The zero-order chi connectivity index (χ0) is 52.4. The Morgan fingerprint density at radius 2 is 0.736 bits per heavy atom. The van der Waals surface area contributed by atoms with Crippen molar-refractivity contribution in [1.29, 1.82) is 0 Å². The van der Waals surface area contributed by atoms with Crippen LogP contribution in [0, 0.1) is 0 Å². The number of carboxylic acids is 1. The van der Waals surface area contributed by atoms with Gasteiger partial charge in [0, 0.05) is 12.8 Å². The molecule has 11 nitrogen and oxygen atoms in total. The number of carbonyl (C=O) groups excluding carboxylic acids is 2. The highest BCUT2D eigenvalue weighted by Crippen LogP contribution is 2.23. The molecule has 1 rings (SSSR count). The number of aliphatic hydroxyl groups excluding tert-OH is 3. The van der Waals surface area contributed by atoms with Crippen molar-refractivity contribution < 1.29 is 53.8 Å². The van der Waals surface area contributed by atoms with Gasteiger partial charge in [0.2, 0.25) is 0 Å². The van der Waals surface area contributed by atoms with Crippen molar-refractivity contribution in [2.75, 3.05) is 13.2 Å². The molecule has 0 aromatic heterocycles. The van der Waals surface area contributed by atoms with Crippen molar-refractivity contribution >= 4 is 17.9 Å². The standard InChI is InChI=1S/C61H112O11/c1-3-5-7-9-11-13-15-17-19-21-23-25-27-29-31-33-35-37-39-41-43-45-47-49-54(62)69-51-53(52-70-61-58(66)56(64)57(65)59(72-61)60(67)68)71-55(63)50-48-46-44-42-40-38-36-34-32-30-28-26-24-22-20-18-16-14-12-10-8-6-4-2/h21-24,53,56-59,61,64-66H,3-20,25-52H2,1-2H3,(H,67,68)/b23-21-,24-22-. The van der Waals surface area contributed by atoms with E-state index in [1.165, 1.54) is 218 Å². The molecule has 0 aliphatic carbocycles. The Bertz CT molecular complexity index is 1290. The predicted molar refractivity (Wildman–Crippen MR) is 294 cm³/mol. The van der Waals surface area contributed by atoms with Crippen molar-refractivity contribution in [3.63, 3.8) is 0 Å². The van der Waals surface area contributed by atoms with Crippen LogP contribution in [-0.2, 0) is 33.3 Å². The van der Waals surface area contributed by atoms with E-state index in [-0.39, 0.29) is 26.1 Å². The summed E-state index contributed by atoms with van der Waals surface area (Å²) < 4.78 is 21.9. The molecule has 422 valence electrons. The molecular formula is C61H112O11. The summed E-state index contributed by atoms with van der Waals surface area (Å²) in [5.41, 5.74) is 0. The average molecular weight is 1020 g/mol. The van der Waals surface area contributed by atoms with Crippen LogP contribution in [0.15, 0.2) is 24.3 Å². The minimum Gasteiger partial charge on any atom is -0.479 e. The number of aliphatic hydroxyl groups is 3. The average Bonchev–Trinajstić information content (AvgIpc) is 3.37. The zero-order valence-electron chi connectivity index (χ0n) is 46.4. The SMILES string of the molecule is CCCCCCCCCC/C=C\CCCCCCCCCCCCCC(=O)OCC(COC1OC(C(=O)O)C(O)C(O)C1O)OC(=O)CCCCCCCCCCCCC/C=C\CCCCCCCCCC. The molecule has 1 aliphatic heterocycles. The smallest absolute Gasteiger partial charge is 0.335 e. The summed E-state index contributed by atoms with van der Waals surface area (Å²) >= 11 is 0. The van der Waals surface area contributed by atoms with Gasteiger partial charge in [0.1, 0.15) is 24.9 Å². The number of ether oxygens (including phenoxy) is 4. The Morgan fingerprint density at radius 1 is 0.417 bits per heavy atom. The molecule has 72 heavy (non-hydrogen) atoms. The molecule has 1 saturated heterocycles. The van der Waals surface area contributed by atoms with E-state index in [1.807, 2.05) is 0 Å². The molecule has 1 fully saturated rings. The minimum atomic E-state index is -1.86. The van der Waals surface area contributed by atoms with Gasteiger partial charge in [-0.2, -0.15) is 0 Å². The Morgan fingerprint density at radius 3 is 1.08 bits per heavy atom. The third kappa shape index (κ3) is 41.0. The molecule has 6 unspecified atom stereocenters. The van der Waals surface area contributed by atoms with Crippen molar-refractivity contribution in [3.05, 3.63) is 24.3 Å². The van der Waals surface area contributed by atoms with Crippen LogP contribution >= 0.6 is 0 Å². The van der Waals surface area contributed by atoms with Gasteiger partial charge in [0.15, 0.2) is 18.5 Å². The third-order valence-electron chi connectivity index (χ3n) is 14.3. The lowest BCUT2D eigenvalue weighted by atomic mass is 9.99. The number of carbonyl (C=O) groups is 3. The Labute approximate surface area is 440 Å². The van der Waals surface area contributed by atoms with Crippen LogP contribution in [0.5, 0.6) is 0 Å². The van der Waals surface area contributed by atoms with Crippen molar-refractivity contribution in [2.45, 2.75) is 333 Å². The second-order valence-corrected chi connectivity index (χ2v) is 21.2. The maximum atomic E-state index is 12.9. The zero-order valence-corrected chi connectivity index (χ0v) is 46.4. The van der Waals surface area contributed by atoms with Crippen molar-refractivity contribution in [2.24, 2.45) is 0 Å². The van der Waals surface area contributed by atoms with Gasteiger partial charge >= 0.3 is 17.9 Å². The van der Waals surface area contributed by atoms with Gasteiger partial charge in [-0.05, 0) is 64.2 Å². The first-order valence-electron chi connectivity index (χ1n) is 30.4. The number of hydrogen-bond acceptors (Lipinski definition) is 10. The summed E-state index contributed by atoms with van der Waals surface area (Å²) in [5, 5.41) is 40.1. The predicted octanol–water partition coefficient (Wildman–Crippen LogP) is 15.7. The minimum absolute atomic E-state index is 0.185. The molecule has 0 radical (unpaired) electrons. The van der Waals surface area contributed by atoms with Crippen LogP contribution in [0.2, 0.25) is 0 Å².